The Morgan fingerprint density at radius 3 is 2.32 bits per heavy atom. The van der Waals surface area contributed by atoms with Gasteiger partial charge in [-0.1, -0.05) is 26.1 Å². The largest absolute Gasteiger partial charge is 0.480 e. The first-order chi connectivity index (χ1) is 8.77. The van der Waals surface area contributed by atoms with Crippen LogP contribution in [0.2, 0.25) is 0 Å². The summed E-state index contributed by atoms with van der Waals surface area (Å²) in [4.78, 5) is 34.8. The smallest absolute Gasteiger partial charge is 0.323 e. The van der Waals surface area contributed by atoms with E-state index in [4.69, 9.17) is 23.1 Å². The molecule has 0 aliphatic carbocycles. The maximum atomic E-state index is 11.6. The van der Waals surface area contributed by atoms with E-state index in [1.807, 2.05) is 0 Å². The Bertz CT molecular complexity index is 371. The number of carbonyl (C=O) groups is 3. The molecule has 0 rings (SSSR count). The van der Waals surface area contributed by atoms with Crippen LogP contribution in [-0.2, 0) is 14.4 Å². The van der Waals surface area contributed by atoms with Gasteiger partial charge in [0.2, 0.25) is 5.91 Å². The average molecular weight is 289 g/mol. The van der Waals surface area contributed by atoms with Gasteiger partial charge in [-0.15, -0.1) is 0 Å². The Balaban J connectivity index is 4.56. The van der Waals surface area contributed by atoms with Crippen molar-refractivity contribution >= 4 is 34.9 Å². The number of aliphatic carboxylic acids is 1. The number of hydrogen-bond donors (Lipinski definition) is 3. The molecule has 0 heterocycles. The van der Waals surface area contributed by atoms with Gasteiger partial charge in [0.1, 0.15) is 6.54 Å². The van der Waals surface area contributed by atoms with E-state index in [-0.39, 0.29) is 42.9 Å². The molecule has 7 nitrogen and oxygen atoms in total. The molecule has 0 atom stereocenters. The summed E-state index contributed by atoms with van der Waals surface area (Å²) in [5.74, 6) is -1.82. The topological polar surface area (TPSA) is 113 Å². The molecule has 0 bridgehead atoms. The molecule has 108 valence electrons. The Morgan fingerprint density at radius 2 is 1.89 bits per heavy atom. The van der Waals surface area contributed by atoms with E-state index in [1.165, 1.54) is 4.90 Å². The number of hydrogen-bond acceptors (Lipinski definition) is 5. The number of rotatable bonds is 8. The normalized spacial score (nSPS) is 10.1. The van der Waals surface area contributed by atoms with Crippen molar-refractivity contribution in [2.24, 2.45) is 11.7 Å². The zero-order valence-corrected chi connectivity index (χ0v) is 11.8. The van der Waals surface area contributed by atoms with Gasteiger partial charge in [0.25, 0.3) is 0 Å². The minimum Gasteiger partial charge on any atom is -0.480 e. The third-order valence-electron chi connectivity index (χ3n) is 2.29. The van der Waals surface area contributed by atoms with E-state index in [0.717, 1.165) is 0 Å². The Hall–Kier alpha value is -1.54. The van der Waals surface area contributed by atoms with Crippen molar-refractivity contribution in [2.75, 3.05) is 26.2 Å². The molecular weight excluding hydrogens is 270 g/mol. The number of nitrogens with one attached hydrogen (secondary N) is 1. The lowest BCUT2D eigenvalue weighted by Crippen LogP contribution is -2.45. The number of carboxylic acid groups (broad SMARTS) is 1. The zero-order valence-electron chi connectivity index (χ0n) is 11.0. The standard InChI is InChI=1S/C11H19N3O4S/c1-7(2)8(15)5-14(6-11(17)18)10(19)4-13-9(16)3-12/h7H,3-6,12H2,1-2H3,(H,13,16)(H,17,18). The van der Waals surface area contributed by atoms with E-state index in [9.17, 15) is 14.4 Å². The number of carboxylic acids is 1. The number of carbonyl (C=O) groups excluding carboxylic acids is 2. The third-order valence-corrected chi connectivity index (χ3v) is 2.69. The summed E-state index contributed by atoms with van der Waals surface area (Å²) in [5, 5.41) is 11.2. The van der Waals surface area contributed by atoms with Gasteiger partial charge in [0.15, 0.2) is 5.78 Å². The van der Waals surface area contributed by atoms with Crippen LogP contribution in [0.15, 0.2) is 0 Å². The van der Waals surface area contributed by atoms with Crippen molar-refractivity contribution in [1.29, 1.82) is 0 Å². The van der Waals surface area contributed by atoms with Crippen LogP contribution >= 0.6 is 12.2 Å². The van der Waals surface area contributed by atoms with E-state index in [1.54, 1.807) is 13.8 Å². The summed E-state index contributed by atoms with van der Waals surface area (Å²) in [6.45, 7) is 2.80. The first-order valence-corrected chi connectivity index (χ1v) is 6.17. The predicted molar refractivity (Wildman–Crippen MR) is 73.7 cm³/mol. The first-order valence-electron chi connectivity index (χ1n) is 5.77. The number of amides is 1. The van der Waals surface area contributed by atoms with Crippen molar-refractivity contribution in [2.45, 2.75) is 13.8 Å². The number of nitrogens with two attached hydrogens (primary N) is 1. The highest BCUT2D eigenvalue weighted by Gasteiger charge is 2.18. The van der Waals surface area contributed by atoms with E-state index < -0.39 is 11.9 Å². The lowest BCUT2D eigenvalue weighted by molar-refractivity contribution is -0.137. The SMILES string of the molecule is CC(C)C(=O)CN(CC(=O)O)C(=S)CNC(=O)CN. The fraction of sp³-hybridized carbons (Fsp3) is 0.636. The van der Waals surface area contributed by atoms with Crippen molar-refractivity contribution in [3.63, 3.8) is 0 Å². The molecule has 19 heavy (non-hydrogen) atoms. The Labute approximate surface area is 117 Å². The zero-order chi connectivity index (χ0) is 15.0. The highest BCUT2D eigenvalue weighted by Crippen LogP contribution is 2.00. The van der Waals surface area contributed by atoms with E-state index >= 15 is 0 Å². The van der Waals surface area contributed by atoms with Gasteiger partial charge in [-0.3, -0.25) is 14.4 Å². The lowest BCUT2D eigenvalue weighted by Gasteiger charge is -2.23. The van der Waals surface area contributed by atoms with Crippen LogP contribution in [0.3, 0.4) is 0 Å². The second kappa shape index (κ2) is 8.54. The fourth-order valence-electron chi connectivity index (χ4n) is 1.12. The molecule has 0 saturated heterocycles. The Kier molecular flexibility index (Phi) is 7.85. The van der Waals surface area contributed by atoms with E-state index in [0.29, 0.717) is 0 Å². The second-order valence-electron chi connectivity index (χ2n) is 4.25. The number of ketones is 1. The first kappa shape index (κ1) is 17.5. The summed E-state index contributed by atoms with van der Waals surface area (Å²) in [5.41, 5.74) is 5.12. The molecule has 4 N–H and O–H groups in total. The minimum absolute atomic E-state index is 0.00990. The summed E-state index contributed by atoms with van der Waals surface area (Å²) in [7, 11) is 0. The van der Waals surface area contributed by atoms with Crippen LogP contribution in [0.4, 0.5) is 0 Å². The summed E-state index contributed by atoms with van der Waals surface area (Å²) < 4.78 is 0. The molecule has 0 radical (unpaired) electrons. The van der Waals surface area contributed by atoms with Crippen molar-refractivity contribution < 1.29 is 19.5 Å². The molecule has 0 aromatic carbocycles. The number of thiocarbonyl (C=S) groups is 1. The van der Waals surface area contributed by atoms with Crippen LogP contribution in [0, 0.1) is 5.92 Å². The van der Waals surface area contributed by atoms with Gasteiger partial charge in [0.05, 0.1) is 24.6 Å². The van der Waals surface area contributed by atoms with Gasteiger partial charge in [-0.05, 0) is 0 Å². The van der Waals surface area contributed by atoms with Crippen LogP contribution < -0.4 is 11.1 Å². The van der Waals surface area contributed by atoms with Crippen molar-refractivity contribution in [3.8, 4) is 0 Å². The van der Waals surface area contributed by atoms with Gasteiger partial charge < -0.3 is 21.1 Å². The molecule has 0 aliphatic rings. The Morgan fingerprint density at radius 1 is 1.32 bits per heavy atom. The maximum absolute atomic E-state index is 11.6. The molecular formula is C11H19N3O4S. The lowest BCUT2D eigenvalue weighted by atomic mass is 10.1. The molecule has 1 amide bonds. The molecule has 0 saturated carbocycles. The average Bonchev–Trinajstić information content (AvgIpc) is 2.33. The quantitative estimate of drug-likeness (QED) is 0.491. The molecule has 0 spiro atoms. The highest BCUT2D eigenvalue weighted by molar-refractivity contribution is 7.80. The third kappa shape index (κ3) is 7.47. The molecule has 0 fully saturated rings. The molecule has 8 heteroatoms. The van der Waals surface area contributed by atoms with Gasteiger partial charge in [0, 0.05) is 5.92 Å². The molecule has 0 unspecified atom stereocenters. The monoisotopic (exact) mass is 289 g/mol. The second-order valence-corrected chi connectivity index (χ2v) is 4.72. The summed E-state index contributed by atoms with van der Waals surface area (Å²) in [6, 6.07) is 0. The van der Waals surface area contributed by atoms with Gasteiger partial charge in [-0.25, -0.2) is 0 Å². The van der Waals surface area contributed by atoms with Crippen LogP contribution in [0.1, 0.15) is 13.8 Å². The van der Waals surface area contributed by atoms with Gasteiger partial charge >= 0.3 is 5.97 Å². The highest BCUT2D eigenvalue weighted by atomic mass is 32.1. The fourth-order valence-corrected chi connectivity index (χ4v) is 1.33. The minimum atomic E-state index is -1.09. The van der Waals surface area contributed by atoms with Gasteiger partial charge in [-0.2, -0.15) is 0 Å². The number of nitrogens with zero attached hydrogens (tertiary/aromatic N) is 1. The number of Topliss-reactive ketones (excluding diaryl/α,β-unsaturated/α-hetero) is 1. The maximum Gasteiger partial charge on any atom is 0.323 e. The molecule has 0 aromatic heterocycles. The molecule has 0 aromatic rings. The van der Waals surface area contributed by atoms with Crippen LogP contribution in [0.25, 0.3) is 0 Å². The summed E-state index contributed by atoms with van der Waals surface area (Å²) >= 11 is 5.02. The van der Waals surface area contributed by atoms with E-state index in [2.05, 4.69) is 5.32 Å². The van der Waals surface area contributed by atoms with Crippen molar-refractivity contribution in [3.05, 3.63) is 0 Å². The van der Waals surface area contributed by atoms with Crippen molar-refractivity contribution in [1.82, 2.24) is 10.2 Å². The summed E-state index contributed by atoms with van der Waals surface area (Å²) in [6.07, 6.45) is 0. The predicted octanol–water partition coefficient (Wildman–Crippen LogP) is -1.000. The van der Waals surface area contributed by atoms with Crippen LogP contribution in [0.5, 0.6) is 0 Å². The van der Waals surface area contributed by atoms with Crippen LogP contribution in [-0.4, -0.2) is 58.8 Å². The molecule has 0 aliphatic heterocycles.